The highest BCUT2D eigenvalue weighted by molar-refractivity contribution is 7.80. The molecule has 0 heterocycles. The molecule has 0 saturated heterocycles. The Morgan fingerprint density at radius 2 is 1.44 bits per heavy atom. The summed E-state index contributed by atoms with van der Waals surface area (Å²) in [7, 11) is 0. The number of hydrogen-bond acceptors (Lipinski definition) is 4. The van der Waals surface area contributed by atoms with Gasteiger partial charge in [0, 0.05) is 12.0 Å². The van der Waals surface area contributed by atoms with E-state index in [2.05, 4.69) is 16.0 Å². The highest BCUT2D eigenvalue weighted by Gasteiger charge is 2.19. The Morgan fingerprint density at radius 3 is 2.15 bits per heavy atom. The molecule has 3 aromatic rings. The molecule has 0 aliphatic heterocycles. The first kappa shape index (κ1) is 24.9. The Morgan fingerprint density at radius 1 is 0.824 bits per heavy atom. The van der Waals surface area contributed by atoms with E-state index in [1.54, 1.807) is 42.5 Å². The van der Waals surface area contributed by atoms with Crippen molar-refractivity contribution >= 4 is 34.8 Å². The third kappa shape index (κ3) is 7.42. The molecular formula is C27H29N3O3S. The summed E-state index contributed by atoms with van der Waals surface area (Å²) >= 11 is 5.35. The van der Waals surface area contributed by atoms with Gasteiger partial charge in [0.2, 0.25) is 0 Å². The summed E-state index contributed by atoms with van der Waals surface area (Å²) in [6.07, 6.45) is 0.726. The van der Waals surface area contributed by atoms with E-state index in [0.29, 0.717) is 29.2 Å². The van der Waals surface area contributed by atoms with Gasteiger partial charge in [-0.1, -0.05) is 54.6 Å². The van der Waals surface area contributed by atoms with E-state index < -0.39 is 5.91 Å². The number of para-hydroxylation sites is 2. The number of carbonyl (C=O) groups excluding carboxylic acids is 2. The molecule has 0 radical (unpaired) electrons. The van der Waals surface area contributed by atoms with Crippen LogP contribution >= 0.6 is 12.2 Å². The number of amides is 2. The molecule has 3 rings (SSSR count). The van der Waals surface area contributed by atoms with Crippen molar-refractivity contribution in [2.75, 3.05) is 11.9 Å². The Balaban J connectivity index is 1.63. The van der Waals surface area contributed by atoms with Crippen LogP contribution in [0, 0.1) is 0 Å². The average Bonchev–Trinajstić information content (AvgIpc) is 2.79. The van der Waals surface area contributed by atoms with Gasteiger partial charge < -0.3 is 15.4 Å². The minimum absolute atomic E-state index is 0.0834. The zero-order chi connectivity index (χ0) is 24.6. The lowest BCUT2D eigenvalue weighted by atomic mass is 10.1. The third-order valence-corrected chi connectivity index (χ3v) is 4.96. The van der Waals surface area contributed by atoms with Crippen molar-refractivity contribution in [2.45, 2.75) is 32.7 Å². The van der Waals surface area contributed by atoms with E-state index >= 15 is 0 Å². The number of ether oxygens (including phenoxy) is 1. The first-order valence-corrected chi connectivity index (χ1v) is 11.4. The highest BCUT2D eigenvalue weighted by atomic mass is 32.1. The summed E-state index contributed by atoms with van der Waals surface area (Å²) in [6.45, 7) is 6.16. The summed E-state index contributed by atoms with van der Waals surface area (Å²) in [5.41, 5.74) is 2.08. The molecule has 0 bridgehead atoms. The molecule has 7 heteroatoms. The summed E-state index contributed by atoms with van der Waals surface area (Å²) < 4.78 is 5.88. The maximum Gasteiger partial charge on any atom is 0.261 e. The average molecular weight is 476 g/mol. The van der Waals surface area contributed by atoms with Crippen LogP contribution in [0.1, 0.15) is 47.1 Å². The van der Waals surface area contributed by atoms with E-state index in [0.717, 1.165) is 12.0 Å². The zero-order valence-corrected chi connectivity index (χ0v) is 20.4. The molecule has 0 aliphatic carbocycles. The lowest BCUT2D eigenvalue weighted by molar-refractivity contribution is 0.0919. The zero-order valence-electron chi connectivity index (χ0n) is 19.6. The molecule has 3 aromatic carbocycles. The van der Waals surface area contributed by atoms with Crippen LogP contribution in [0.15, 0.2) is 78.9 Å². The van der Waals surface area contributed by atoms with Crippen LogP contribution in [0.4, 0.5) is 5.69 Å². The van der Waals surface area contributed by atoms with Crippen molar-refractivity contribution < 1.29 is 14.3 Å². The van der Waals surface area contributed by atoms with Crippen molar-refractivity contribution in [3.8, 4) is 5.75 Å². The maximum absolute atomic E-state index is 12.9. The molecular weight excluding hydrogens is 446 g/mol. The topological polar surface area (TPSA) is 79.5 Å². The van der Waals surface area contributed by atoms with Gasteiger partial charge in [0.25, 0.3) is 11.8 Å². The van der Waals surface area contributed by atoms with Crippen molar-refractivity contribution in [3.05, 3.63) is 95.6 Å². The van der Waals surface area contributed by atoms with Gasteiger partial charge in [-0.3, -0.25) is 14.9 Å². The molecule has 0 fully saturated rings. The van der Waals surface area contributed by atoms with Gasteiger partial charge >= 0.3 is 0 Å². The molecule has 6 nitrogen and oxygen atoms in total. The van der Waals surface area contributed by atoms with Gasteiger partial charge in [0.1, 0.15) is 5.75 Å². The number of rotatable bonds is 7. The van der Waals surface area contributed by atoms with Crippen LogP contribution in [0.5, 0.6) is 5.75 Å². The van der Waals surface area contributed by atoms with Crippen molar-refractivity contribution in [1.29, 1.82) is 0 Å². The van der Waals surface area contributed by atoms with Crippen LogP contribution in [0.25, 0.3) is 0 Å². The number of hydrogen-bond donors (Lipinski definition) is 3. The Bertz CT molecular complexity index is 1160. The lowest BCUT2D eigenvalue weighted by Crippen LogP contribution is -2.41. The van der Waals surface area contributed by atoms with E-state index in [1.165, 1.54) is 0 Å². The molecule has 0 saturated carbocycles. The second kappa shape index (κ2) is 11.4. The summed E-state index contributed by atoms with van der Waals surface area (Å²) in [6, 6.07) is 24.0. The molecule has 0 unspecified atom stereocenters. The predicted molar refractivity (Wildman–Crippen MR) is 139 cm³/mol. The monoisotopic (exact) mass is 475 g/mol. The Labute approximate surface area is 205 Å². The van der Waals surface area contributed by atoms with Gasteiger partial charge in [-0.2, -0.15) is 0 Å². The van der Waals surface area contributed by atoms with Crippen LogP contribution in [-0.4, -0.2) is 29.1 Å². The predicted octanol–water partition coefficient (Wildman–Crippen LogP) is 4.96. The number of benzene rings is 3. The number of anilines is 1. The second-order valence-electron chi connectivity index (χ2n) is 8.74. The smallest absolute Gasteiger partial charge is 0.261 e. The highest BCUT2D eigenvalue weighted by Crippen LogP contribution is 2.19. The fraction of sp³-hybridized carbons (Fsp3) is 0.222. The normalized spacial score (nSPS) is 10.8. The number of thiocarbonyl (C=S) groups is 1. The minimum atomic E-state index is -0.399. The van der Waals surface area contributed by atoms with Crippen LogP contribution in [0.2, 0.25) is 0 Å². The van der Waals surface area contributed by atoms with Gasteiger partial charge in [0.15, 0.2) is 5.11 Å². The van der Waals surface area contributed by atoms with Gasteiger partial charge in [-0.05, 0) is 62.8 Å². The van der Waals surface area contributed by atoms with E-state index in [-0.39, 0.29) is 16.6 Å². The third-order valence-electron chi connectivity index (χ3n) is 4.76. The van der Waals surface area contributed by atoms with Gasteiger partial charge in [-0.15, -0.1) is 0 Å². The molecule has 0 aromatic heterocycles. The first-order valence-electron chi connectivity index (χ1n) is 11.0. The van der Waals surface area contributed by atoms with Gasteiger partial charge in [0.05, 0.1) is 23.4 Å². The molecule has 176 valence electrons. The maximum atomic E-state index is 12.9. The van der Waals surface area contributed by atoms with Crippen molar-refractivity contribution in [1.82, 2.24) is 10.6 Å². The van der Waals surface area contributed by atoms with Crippen LogP contribution < -0.4 is 20.7 Å². The SMILES string of the molecule is CC(C)(C)NC(=O)c1ccccc1NC(=S)NC(=O)c1ccccc1OCCc1ccccc1. The fourth-order valence-electron chi connectivity index (χ4n) is 3.23. The largest absolute Gasteiger partial charge is 0.492 e. The quantitative estimate of drug-likeness (QED) is 0.421. The molecule has 34 heavy (non-hydrogen) atoms. The molecule has 2 amide bonds. The van der Waals surface area contributed by atoms with Gasteiger partial charge in [-0.25, -0.2) is 0 Å². The van der Waals surface area contributed by atoms with E-state index in [4.69, 9.17) is 17.0 Å². The van der Waals surface area contributed by atoms with Crippen LogP contribution in [-0.2, 0) is 6.42 Å². The number of carbonyl (C=O) groups is 2. The van der Waals surface area contributed by atoms with E-state index in [9.17, 15) is 9.59 Å². The fourth-order valence-corrected chi connectivity index (χ4v) is 3.43. The Kier molecular flexibility index (Phi) is 8.38. The molecule has 0 aliphatic rings. The standard InChI is InChI=1S/C27H29N3O3S/c1-27(2,3)30-25(32)20-13-7-9-15-22(20)28-26(34)29-24(31)21-14-8-10-16-23(21)33-18-17-19-11-5-4-6-12-19/h4-16H,17-18H2,1-3H3,(H,30,32)(H2,28,29,31,34). The Hall–Kier alpha value is -3.71. The lowest BCUT2D eigenvalue weighted by Gasteiger charge is -2.22. The summed E-state index contributed by atoms with van der Waals surface area (Å²) in [5.74, 6) is -0.157. The summed E-state index contributed by atoms with van der Waals surface area (Å²) in [5, 5.41) is 8.65. The first-order chi connectivity index (χ1) is 16.2. The molecule has 0 atom stereocenters. The van der Waals surface area contributed by atoms with E-state index in [1.807, 2.05) is 57.2 Å². The molecule has 3 N–H and O–H groups in total. The summed E-state index contributed by atoms with van der Waals surface area (Å²) in [4.78, 5) is 25.6. The van der Waals surface area contributed by atoms with Crippen LogP contribution in [0.3, 0.4) is 0 Å². The van der Waals surface area contributed by atoms with Crippen molar-refractivity contribution in [3.63, 3.8) is 0 Å². The molecule has 0 spiro atoms. The minimum Gasteiger partial charge on any atom is -0.492 e. The van der Waals surface area contributed by atoms with Crippen molar-refractivity contribution in [2.24, 2.45) is 0 Å². The second-order valence-corrected chi connectivity index (χ2v) is 9.15. The number of nitrogens with one attached hydrogen (secondary N) is 3.